The number of aromatic nitrogens is 2. The van der Waals surface area contributed by atoms with Crippen LogP contribution in [0.2, 0.25) is 0 Å². The van der Waals surface area contributed by atoms with Gasteiger partial charge in [-0.3, -0.25) is 9.78 Å². The summed E-state index contributed by atoms with van der Waals surface area (Å²) < 4.78 is 5.38. The van der Waals surface area contributed by atoms with Gasteiger partial charge in [0.05, 0.1) is 30.0 Å². The summed E-state index contributed by atoms with van der Waals surface area (Å²) in [7, 11) is 0. The first-order chi connectivity index (χ1) is 13.7. The van der Waals surface area contributed by atoms with Crippen LogP contribution < -0.4 is 0 Å². The molecule has 2 aromatic heterocycles. The Morgan fingerprint density at radius 1 is 1.11 bits per heavy atom. The number of ether oxygens (including phenoxy) is 1. The fourth-order valence-electron chi connectivity index (χ4n) is 3.97. The first-order valence-corrected chi connectivity index (χ1v) is 9.55. The lowest BCUT2D eigenvalue weighted by molar-refractivity contribution is 0.0304. The zero-order valence-corrected chi connectivity index (χ0v) is 15.7. The van der Waals surface area contributed by atoms with Gasteiger partial charge in [-0.15, -0.1) is 0 Å². The number of nitrogens with one attached hydrogen (secondary N) is 1. The van der Waals surface area contributed by atoms with Crippen LogP contribution in [0, 0.1) is 6.92 Å². The van der Waals surface area contributed by atoms with Crippen LogP contribution in [0.25, 0.3) is 32.9 Å². The molecule has 0 atom stereocenters. The maximum Gasteiger partial charge on any atom is 0.256 e. The number of aromatic amines is 1. The molecule has 0 aliphatic carbocycles. The third kappa shape index (κ3) is 2.75. The average molecular weight is 371 g/mol. The number of pyridine rings is 1. The van der Waals surface area contributed by atoms with Crippen LogP contribution >= 0.6 is 0 Å². The minimum absolute atomic E-state index is 0.0218. The highest BCUT2D eigenvalue weighted by atomic mass is 16.5. The van der Waals surface area contributed by atoms with Crippen molar-refractivity contribution in [1.82, 2.24) is 14.9 Å². The molecule has 0 bridgehead atoms. The maximum atomic E-state index is 13.1. The lowest BCUT2D eigenvalue weighted by atomic mass is 10.0. The Kier molecular flexibility index (Phi) is 4.10. The second-order valence-corrected chi connectivity index (χ2v) is 7.21. The van der Waals surface area contributed by atoms with E-state index in [-0.39, 0.29) is 5.91 Å². The Morgan fingerprint density at radius 2 is 1.89 bits per heavy atom. The third-order valence-corrected chi connectivity index (χ3v) is 5.46. The topological polar surface area (TPSA) is 58.2 Å². The smallest absolute Gasteiger partial charge is 0.256 e. The zero-order chi connectivity index (χ0) is 19.1. The highest BCUT2D eigenvalue weighted by Crippen LogP contribution is 2.32. The number of H-pyrrole nitrogens is 1. The number of fused-ring (bicyclic) bond motifs is 2. The molecule has 0 spiro atoms. The van der Waals surface area contributed by atoms with Gasteiger partial charge in [0.15, 0.2) is 0 Å². The van der Waals surface area contributed by atoms with Gasteiger partial charge in [-0.05, 0) is 29.3 Å². The lowest BCUT2D eigenvalue weighted by Gasteiger charge is -2.27. The van der Waals surface area contributed by atoms with E-state index in [1.54, 1.807) is 6.20 Å². The van der Waals surface area contributed by atoms with Crippen LogP contribution in [0.15, 0.2) is 54.9 Å². The molecule has 4 aromatic rings. The molecule has 1 aliphatic heterocycles. The van der Waals surface area contributed by atoms with Crippen molar-refractivity contribution < 1.29 is 9.53 Å². The molecule has 0 unspecified atom stereocenters. The lowest BCUT2D eigenvalue weighted by Crippen LogP contribution is -2.40. The van der Waals surface area contributed by atoms with Gasteiger partial charge < -0.3 is 14.6 Å². The number of hydrogen-bond donors (Lipinski definition) is 1. The van der Waals surface area contributed by atoms with Crippen molar-refractivity contribution >= 4 is 27.6 Å². The predicted molar refractivity (Wildman–Crippen MR) is 110 cm³/mol. The van der Waals surface area contributed by atoms with E-state index in [1.807, 2.05) is 30.2 Å². The van der Waals surface area contributed by atoms with Gasteiger partial charge in [-0.25, -0.2) is 0 Å². The number of morpholine rings is 1. The first kappa shape index (κ1) is 17.0. The summed E-state index contributed by atoms with van der Waals surface area (Å²) in [5.74, 6) is 0.0218. The number of aryl methyl sites for hydroxylation is 1. The second-order valence-electron chi connectivity index (χ2n) is 7.21. The quantitative estimate of drug-likeness (QED) is 0.575. The molecule has 1 aliphatic rings. The predicted octanol–water partition coefficient (Wildman–Crippen LogP) is 4.16. The van der Waals surface area contributed by atoms with Crippen molar-refractivity contribution in [2.24, 2.45) is 0 Å². The summed E-state index contributed by atoms with van der Waals surface area (Å²) in [6.45, 7) is 4.44. The number of hydrogen-bond acceptors (Lipinski definition) is 3. The first-order valence-electron chi connectivity index (χ1n) is 9.55. The number of amides is 1. The SMILES string of the molecule is Cc1c[nH]c2c(-c3ccc4ccccc4c3)ncc(C(=O)N3CCOCC3)c12. The fraction of sp³-hybridized carbons (Fsp3) is 0.217. The highest BCUT2D eigenvalue weighted by Gasteiger charge is 2.23. The second kappa shape index (κ2) is 6.77. The van der Waals surface area contributed by atoms with E-state index >= 15 is 0 Å². The van der Waals surface area contributed by atoms with Gasteiger partial charge in [0.2, 0.25) is 0 Å². The summed E-state index contributed by atoms with van der Waals surface area (Å²) in [6, 6.07) is 14.6. The summed E-state index contributed by atoms with van der Waals surface area (Å²) in [5.41, 5.74) is 4.52. The minimum Gasteiger partial charge on any atom is -0.378 e. The Bertz CT molecular complexity index is 1190. The van der Waals surface area contributed by atoms with Crippen molar-refractivity contribution in [1.29, 1.82) is 0 Å². The van der Waals surface area contributed by atoms with Crippen LogP contribution in [0.5, 0.6) is 0 Å². The molecule has 0 radical (unpaired) electrons. The molecular weight excluding hydrogens is 350 g/mol. The van der Waals surface area contributed by atoms with Crippen LogP contribution in [0.1, 0.15) is 15.9 Å². The van der Waals surface area contributed by atoms with E-state index in [0.717, 1.165) is 27.7 Å². The van der Waals surface area contributed by atoms with Gasteiger partial charge in [-0.2, -0.15) is 0 Å². The van der Waals surface area contributed by atoms with Crippen molar-refractivity contribution in [3.05, 3.63) is 66.0 Å². The van der Waals surface area contributed by atoms with Gasteiger partial charge in [0.25, 0.3) is 5.91 Å². The van der Waals surface area contributed by atoms with Crippen LogP contribution in [-0.4, -0.2) is 47.1 Å². The molecule has 5 nitrogen and oxygen atoms in total. The summed E-state index contributed by atoms with van der Waals surface area (Å²) in [6.07, 6.45) is 3.68. The van der Waals surface area contributed by atoms with Gasteiger partial charge in [0, 0.05) is 36.4 Å². The van der Waals surface area contributed by atoms with Crippen LogP contribution in [-0.2, 0) is 4.74 Å². The standard InChI is InChI=1S/C23H21N3O2/c1-15-13-24-22-20(15)19(23(27)26-8-10-28-11-9-26)14-25-21(22)18-7-6-16-4-2-3-5-17(16)12-18/h2-7,12-14,24H,8-11H2,1H3. The van der Waals surface area contributed by atoms with Gasteiger partial charge >= 0.3 is 0 Å². The van der Waals surface area contributed by atoms with E-state index in [1.165, 1.54) is 10.8 Å². The molecule has 5 heteroatoms. The van der Waals surface area contributed by atoms with Crippen molar-refractivity contribution in [3.8, 4) is 11.3 Å². The Morgan fingerprint density at radius 3 is 2.71 bits per heavy atom. The molecule has 3 heterocycles. The molecule has 140 valence electrons. The molecule has 2 aromatic carbocycles. The van der Waals surface area contributed by atoms with Crippen molar-refractivity contribution in [3.63, 3.8) is 0 Å². The third-order valence-electron chi connectivity index (χ3n) is 5.46. The molecule has 1 N–H and O–H groups in total. The van der Waals surface area contributed by atoms with Crippen molar-refractivity contribution in [2.75, 3.05) is 26.3 Å². The van der Waals surface area contributed by atoms with Crippen LogP contribution in [0.4, 0.5) is 0 Å². The van der Waals surface area contributed by atoms with E-state index in [4.69, 9.17) is 9.72 Å². The average Bonchev–Trinajstić information content (AvgIpc) is 3.15. The number of nitrogens with zero attached hydrogens (tertiary/aromatic N) is 2. The summed E-state index contributed by atoms with van der Waals surface area (Å²) >= 11 is 0. The minimum atomic E-state index is 0.0218. The largest absolute Gasteiger partial charge is 0.378 e. The van der Waals surface area contributed by atoms with Crippen LogP contribution in [0.3, 0.4) is 0 Å². The molecule has 1 saturated heterocycles. The molecule has 0 saturated carbocycles. The number of carbonyl (C=O) groups excluding carboxylic acids is 1. The van der Waals surface area contributed by atoms with E-state index < -0.39 is 0 Å². The molecule has 28 heavy (non-hydrogen) atoms. The normalized spacial score (nSPS) is 14.7. The summed E-state index contributed by atoms with van der Waals surface area (Å²) in [4.78, 5) is 23.0. The molecule has 5 rings (SSSR count). The molecule has 1 fully saturated rings. The molecule has 1 amide bonds. The monoisotopic (exact) mass is 371 g/mol. The van der Waals surface area contributed by atoms with Gasteiger partial charge in [0.1, 0.15) is 0 Å². The number of benzene rings is 2. The maximum absolute atomic E-state index is 13.1. The fourth-order valence-corrected chi connectivity index (χ4v) is 3.97. The Labute approximate surface area is 162 Å². The van der Waals surface area contributed by atoms with Gasteiger partial charge in [-0.1, -0.05) is 36.4 Å². The molecular formula is C23H21N3O2. The summed E-state index contributed by atoms with van der Waals surface area (Å²) in [5, 5.41) is 3.32. The highest BCUT2D eigenvalue weighted by molar-refractivity contribution is 6.10. The van der Waals surface area contributed by atoms with E-state index in [2.05, 4.69) is 35.3 Å². The zero-order valence-electron chi connectivity index (χ0n) is 15.7. The van der Waals surface area contributed by atoms with Crippen molar-refractivity contribution in [2.45, 2.75) is 6.92 Å². The number of rotatable bonds is 2. The Hall–Kier alpha value is -3.18. The Balaban J connectivity index is 1.64. The number of carbonyl (C=O) groups is 1. The van der Waals surface area contributed by atoms with E-state index in [0.29, 0.717) is 31.9 Å². The van der Waals surface area contributed by atoms with E-state index in [9.17, 15) is 4.79 Å².